The van der Waals surface area contributed by atoms with Gasteiger partial charge >= 0.3 is 0 Å². The van der Waals surface area contributed by atoms with E-state index in [1.165, 1.54) is 28.4 Å². The van der Waals surface area contributed by atoms with Gasteiger partial charge in [-0.1, -0.05) is 48.0 Å². The molecule has 3 aromatic rings. The van der Waals surface area contributed by atoms with Gasteiger partial charge in [0, 0.05) is 26.2 Å². The fraction of sp³-hybridized carbons (Fsp3) is 0.269. The van der Waals surface area contributed by atoms with Crippen molar-refractivity contribution in [2.24, 2.45) is 0 Å². The van der Waals surface area contributed by atoms with Crippen molar-refractivity contribution < 1.29 is 26.4 Å². The summed E-state index contributed by atoms with van der Waals surface area (Å²) in [6.07, 6.45) is 0. The Morgan fingerprint density at radius 1 is 0.811 bits per heavy atom. The van der Waals surface area contributed by atoms with Crippen molar-refractivity contribution in [3.8, 4) is 5.75 Å². The smallest absolute Gasteiger partial charge is 0.264 e. The number of aryl methyl sites for hydroxylation is 1. The lowest BCUT2D eigenvalue weighted by molar-refractivity contribution is -0.130. The molecule has 1 fully saturated rings. The molecule has 1 saturated heterocycles. The van der Waals surface area contributed by atoms with Gasteiger partial charge in [-0.15, -0.1) is 0 Å². The van der Waals surface area contributed by atoms with Gasteiger partial charge in [-0.05, 0) is 43.3 Å². The highest BCUT2D eigenvalue weighted by Gasteiger charge is 2.34. The maximum atomic E-state index is 13.6. The average Bonchev–Trinajstić information content (AvgIpc) is 2.92. The minimum absolute atomic E-state index is 0.0442. The zero-order valence-electron chi connectivity index (χ0n) is 20.6. The Balaban J connectivity index is 1.54. The van der Waals surface area contributed by atoms with Gasteiger partial charge in [0.1, 0.15) is 12.3 Å². The van der Waals surface area contributed by atoms with Crippen molar-refractivity contribution in [3.05, 3.63) is 84.4 Å². The Kier molecular flexibility index (Phi) is 7.86. The first-order valence-corrected chi connectivity index (χ1v) is 14.6. The van der Waals surface area contributed by atoms with Gasteiger partial charge in [0.25, 0.3) is 10.0 Å². The first-order valence-electron chi connectivity index (χ1n) is 11.7. The number of sulfonamides is 2. The molecule has 0 atom stereocenters. The number of carbonyl (C=O) groups excluding carboxylic acids is 1. The van der Waals surface area contributed by atoms with Gasteiger partial charge in [0.2, 0.25) is 15.9 Å². The highest BCUT2D eigenvalue weighted by Crippen LogP contribution is 2.32. The summed E-state index contributed by atoms with van der Waals surface area (Å²) in [4.78, 5) is 15.1. The third kappa shape index (κ3) is 5.63. The molecular formula is C26H29N3O6S2. The minimum atomic E-state index is -4.09. The van der Waals surface area contributed by atoms with E-state index in [1.807, 2.05) is 6.92 Å². The molecule has 196 valence electrons. The molecule has 1 amide bonds. The summed E-state index contributed by atoms with van der Waals surface area (Å²) >= 11 is 0. The summed E-state index contributed by atoms with van der Waals surface area (Å²) < 4.78 is 61.0. The molecular weight excluding hydrogens is 514 g/mol. The summed E-state index contributed by atoms with van der Waals surface area (Å²) in [6, 6.07) is 21.1. The first kappa shape index (κ1) is 26.6. The molecule has 0 saturated carbocycles. The third-order valence-corrected chi connectivity index (χ3v) is 9.90. The molecule has 1 heterocycles. The number of piperazine rings is 1. The second kappa shape index (κ2) is 10.9. The fourth-order valence-corrected chi connectivity index (χ4v) is 6.98. The predicted octanol–water partition coefficient (Wildman–Crippen LogP) is 2.73. The topological polar surface area (TPSA) is 104 Å². The van der Waals surface area contributed by atoms with E-state index < -0.39 is 32.5 Å². The number of hydrogen-bond donors (Lipinski definition) is 0. The monoisotopic (exact) mass is 543 g/mol. The minimum Gasteiger partial charge on any atom is -0.495 e. The molecule has 0 aromatic heterocycles. The van der Waals surface area contributed by atoms with Crippen LogP contribution in [0.1, 0.15) is 5.56 Å². The molecule has 0 bridgehead atoms. The average molecular weight is 544 g/mol. The number of nitrogens with zero attached hydrogens (tertiary/aromatic N) is 3. The summed E-state index contributed by atoms with van der Waals surface area (Å²) in [6.45, 7) is 1.95. The van der Waals surface area contributed by atoms with Gasteiger partial charge in [-0.25, -0.2) is 16.8 Å². The van der Waals surface area contributed by atoms with Gasteiger partial charge in [-0.3, -0.25) is 9.10 Å². The van der Waals surface area contributed by atoms with Crippen LogP contribution in [0.4, 0.5) is 5.69 Å². The SMILES string of the molecule is COc1ccccc1N(CC(=O)N1CCN(S(=O)(=O)c2ccc(C)cc2)CC1)S(=O)(=O)c1ccccc1. The van der Waals surface area contributed by atoms with Crippen LogP contribution in [0, 0.1) is 6.92 Å². The number of hydrogen-bond acceptors (Lipinski definition) is 6. The van der Waals surface area contributed by atoms with E-state index in [4.69, 9.17) is 4.74 Å². The number of methoxy groups -OCH3 is 1. The summed E-state index contributed by atoms with van der Waals surface area (Å²) in [7, 11) is -6.35. The maximum Gasteiger partial charge on any atom is 0.264 e. The first-order chi connectivity index (χ1) is 17.6. The van der Waals surface area contributed by atoms with Crippen molar-refractivity contribution >= 4 is 31.6 Å². The van der Waals surface area contributed by atoms with Crippen molar-refractivity contribution in [1.29, 1.82) is 0 Å². The van der Waals surface area contributed by atoms with Gasteiger partial charge in [-0.2, -0.15) is 4.31 Å². The zero-order chi connectivity index (χ0) is 26.6. The summed E-state index contributed by atoms with van der Waals surface area (Å²) in [5.41, 5.74) is 1.20. The van der Waals surface area contributed by atoms with E-state index in [9.17, 15) is 21.6 Å². The Labute approximate surface area is 218 Å². The van der Waals surface area contributed by atoms with E-state index >= 15 is 0 Å². The number of para-hydroxylation sites is 2. The van der Waals surface area contributed by atoms with Crippen LogP contribution in [0.5, 0.6) is 5.75 Å². The Morgan fingerprint density at radius 2 is 1.41 bits per heavy atom. The molecule has 0 unspecified atom stereocenters. The normalized spacial score (nSPS) is 14.8. The molecule has 4 rings (SSSR count). The number of rotatable bonds is 8. The quantitative estimate of drug-likeness (QED) is 0.433. The molecule has 37 heavy (non-hydrogen) atoms. The van der Waals surface area contributed by atoms with Gasteiger partial charge in [0.05, 0.1) is 22.6 Å². The van der Waals surface area contributed by atoms with Crippen LogP contribution in [-0.4, -0.2) is 71.8 Å². The number of benzene rings is 3. The summed E-state index contributed by atoms with van der Waals surface area (Å²) in [5, 5.41) is 0. The van der Waals surface area contributed by atoms with E-state index in [-0.39, 0.29) is 41.7 Å². The van der Waals surface area contributed by atoms with Crippen LogP contribution in [0.25, 0.3) is 0 Å². The van der Waals surface area contributed by atoms with Crippen molar-refractivity contribution in [3.63, 3.8) is 0 Å². The second-order valence-corrected chi connectivity index (χ2v) is 12.4. The van der Waals surface area contributed by atoms with Crippen molar-refractivity contribution in [2.75, 3.05) is 44.1 Å². The predicted molar refractivity (Wildman–Crippen MR) is 140 cm³/mol. The number of ether oxygens (including phenoxy) is 1. The Morgan fingerprint density at radius 3 is 2.03 bits per heavy atom. The lowest BCUT2D eigenvalue weighted by Crippen LogP contribution is -2.53. The van der Waals surface area contributed by atoms with Crippen LogP contribution < -0.4 is 9.04 Å². The molecule has 0 aliphatic carbocycles. The van der Waals surface area contributed by atoms with E-state index in [2.05, 4.69) is 0 Å². The van der Waals surface area contributed by atoms with Crippen molar-refractivity contribution in [1.82, 2.24) is 9.21 Å². The Bertz CT molecular complexity index is 1450. The van der Waals surface area contributed by atoms with E-state index in [1.54, 1.807) is 66.7 Å². The van der Waals surface area contributed by atoms with Crippen LogP contribution >= 0.6 is 0 Å². The van der Waals surface area contributed by atoms with Crippen LogP contribution in [0.3, 0.4) is 0 Å². The Hall–Kier alpha value is -3.41. The van der Waals surface area contributed by atoms with E-state index in [0.29, 0.717) is 5.75 Å². The van der Waals surface area contributed by atoms with Crippen LogP contribution in [0.15, 0.2) is 88.7 Å². The molecule has 3 aromatic carbocycles. The van der Waals surface area contributed by atoms with E-state index in [0.717, 1.165) is 9.87 Å². The molecule has 1 aliphatic rings. The largest absolute Gasteiger partial charge is 0.495 e. The zero-order valence-corrected chi connectivity index (χ0v) is 22.3. The third-order valence-electron chi connectivity index (χ3n) is 6.21. The summed E-state index contributed by atoms with van der Waals surface area (Å²) in [5.74, 6) is -0.124. The maximum absolute atomic E-state index is 13.6. The van der Waals surface area contributed by atoms with Gasteiger partial charge in [0.15, 0.2) is 0 Å². The fourth-order valence-electron chi connectivity index (χ4n) is 4.12. The second-order valence-electron chi connectivity index (χ2n) is 8.59. The van der Waals surface area contributed by atoms with Gasteiger partial charge < -0.3 is 9.64 Å². The molecule has 11 heteroatoms. The van der Waals surface area contributed by atoms with Crippen molar-refractivity contribution in [2.45, 2.75) is 16.7 Å². The highest BCUT2D eigenvalue weighted by atomic mass is 32.2. The molecule has 0 radical (unpaired) electrons. The molecule has 0 spiro atoms. The number of carbonyl (C=O) groups is 1. The number of anilines is 1. The lowest BCUT2D eigenvalue weighted by atomic mass is 10.2. The molecule has 0 N–H and O–H groups in total. The van der Waals surface area contributed by atoms with Crippen LogP contribution in [0.2, 0.25) is 0 Å². The molecule has 9 nitrogen and oxygen atoms in total. The molecule has 1 aliphatic heterocycles. The standard InChI is InChI=1S/C26H29N3O6S2/c1-21-12-14-23(15-13-21)36(31,32)28-18-16-27(17-19-28)26(30)20-29(24-10-6-7-11-25(24)35-2)37(33,34)22-8-4-3-5-9-22/h3-15H,16-20H2,1-2H3. The lowest BCUT2D eigenvalue weighted by Gasteiger charge is -2.35. The number of amides is 1. The highest BCUT2D eigenvalue weighted by molar-refractivity contribution is 7.93. The van der Waals surface area contributed by atoms with Crippen LogP contribution in [-0.2, 0) is 24.8 Å².